The van der Waals surface area contributed by atoms with E-state index in [1.165, 1.54) is 25.7 Å². The molecule has 1 aromatic rings. The molecule has 1 aliphatic carbocycles. The molecule has 3 nitrogen and oxygen atoms in total. The standard InChI is InChI=1S/C15H19ClN2O/c16-14-5-7-17-9-13(14)15(19)18-8-6-11-3-1-2-4-12(11)10-18/h5,7,9,11-12H,1-4,6,8,10H2. The van der Waals surface area contributed by atoms with Crippen molar-refractivity contribution in [1.29, 1.82) is 0 Å². The number of hydrogen-bond donors (Lipinski definition) is 0. The molecule has 0 N–H and O–H groups in total. The van der Waals surface area contributed by atoms with Gasteiger partial charge in [0.1, 0.15) is 0 Å². The molecule has 1 aromatic heterocycles. The summed E-state index contributed by atoms with van der Waals surface area (Å²) in [6.45, 7) is 1.76. The monoisotopic (exact) mass is 278 g/mol. The number of pyridine rings is 1. The Kier molecular flexibility index (Phi) is 3.74. The summed E-state index contributed by atoms with van der Waals surface area (Å²) in [7, 11) is 0. The van der Waals surface area contributed by atoms with Crippen molar-refractivity contribution in [2.45, 2.75) is 32.1 Å². The largest absolute Gasteiger partial charge is 0.338 e. The van der Waals surface area contributed by atoms with Crippen molar-refractivity contribution in [2.75, 3.05) is 13.1 Å². The molecular formula is C15H19ClN2O. The smallest absolute Gasteiger partial charge is 0.256 e. The molecule has 2 heterocycles. The maximum Gasteiger partial charge on any atom is 0.256 e. The fourth-order valence-electron chi connectivity index (χ4n) is 3.49. The Balaban J connectivity index is 1.73. The molecule has 0 spiro atoms. The summed E-state index contributed by atoms with van der Waals surface area (Å²) in [4.78, 5) is 18.5. The van der Waals surface area contributed by atoms with Crippen LogP contribution in [0.2, 0.25) is 5.02 Å². The number of piperidine rings is 1. The predicted molar refractivity (Wildman–Crippen MR) is 75.2 cm³/mol. The van der Waals surface area contributed by atoms with E-state index in [0.717, 1.165) is 25.4 Å². The minimum absolute atomic E-state index is 0.0436. The lowest BCUT2D eigenvalue weighted by atomic mass is 9.75. The zero-order valence-corrected chi connectivity index (χ0v) is 11.8. The van der Waals surface area contributed by atoms with E-state index in [0.29, 0.717) is 16.5 Å². The fraction of sp³-hybridized carbons (Fsp3) is 0.600. The van der Waals surface area contributed by atoms with Crippen molar-refractivity contribution in [3.8, 4) is 0 Å². The second kappa shape index (κ2) is 5.49. The lowest BCUT2D eigenvalue weighted by molar-refractivity contribution is 0.0520. The Bertz CT molecular complexity index is 477. The molecule has 0 aromatic carbocycles. The second-order valence-electron chi connectivity index (χ2n) is 5.70. The number of hydrogen-bond acceptors (Lipinski definition) is 2. The molecule has 102 valence electrons. The quantitative estimate of drug-likeness (QED) is 0.789. The van der Waals surface area contributed by atoms with Crippen LogP contribution in [0.1, 0.15) is 42.5 Å². The van der Waals surface area contributed by atoms with Gasteiger partial charge in [0.2, 0.25) is 0 Å². The van der Waals surface area contributed by atoms with E-state index >= 15 is 0 Å². The van der Waals surface area contributed by atoms with Crippen LogP contribution < -0.4 is 0 Å². The maximum atomic E-state index is 12.5. The lowest BCUT2D eigenvalue weighted by Gasteiger charge is -2.41. The molecule has 4 heteroatoms. The van der Waals surface area contributed by atoms with Crippen molar-refractivity contribution < 1.29 is 4.79 Å². The number of halogens is 1. The summed E-state index contributed by atoms with van der Waals surface area (Å²) in [5, 5.41) is 0.505. The van der Waals surface area contributed by atoms with Crippen molar-refractivity contribution in [3.05, 3.63) is 29.0 Å². The SMILES string of the molecule is O=C(c1cnccc1Cl)N1CCC2CCCCC2C1. The third-order valence-electron chi connectivity index (χ3n) is 4.58. The zero-order chi connectivity index (χ0) is 13.2. The van der Waals surface area contributed by atoms with Crippen molar-refractivity contribution in [3.63, 3.8) is 0 Å². The summed E-state index contributed by atoms with van der Waals surface area (Å²) < 4.78 is 0. The lowest BCUT2D eigenvalue weighted by Crippen LogP contribution is -2.44. The van der Waals surface area contributed by atoms with Gasteiger partial charge in [-0.3, -0.25) is 9.78 Å². The molecular weight excluding hydrogens is 260 g/mol. The van der Waals surface area contributed by atoms with Crippen LogP contribution in [-0.4, -0.2) is 28.9 Å². The van der Waals surface area contributed by atoms with Gasteiger partial charge >= 0.3 is 0 Å². The van der Waals surface area contributed by atoms with Gasteiger partial charge in [-0.2, -0.15) is 0 Å². The van der Waals surface area contributed by atoms with Gasteiger partial charge in [0.05, 0.1) is 10.6 Å². The molecule has 1 aliphatic heterocycles. The number of aromatic nitrogens is 1. The summed E-state index contributed by atoms with van der Waals surface area (Å²) in [6, 6.07) is 1.68. The van der Waals surface area contributed by atoms with Gasteiger partial charge in [-0.1, -0.05) is 30.9 Å². The minimum atomic E-state index is 0.0436. The van der Waals surface area contributed by atoms with Gasteiger partial charge in [-0.05, 0) is 30.7 Å². The molecule has 0 bridgehead atoms. The maximum absolute atomic E-state index is 12.5. The number of rotatable bonds is 1. The van der Waals surface area contributed by atoms with Gasteiger partial charge < -0.3 is 4.90 Å². The Hall–Kier alpha value is -1.09. The average Bonchev–Trinajstić information content (AvgIpc) is 2.46. The summed E-state index contributed by atoms with van der Waals surface area (Å²) >= 11 is 6.09. The van der Waals surface area contributed by atoms with Crippen LogP contribution in [-0.2, 0) is 0 Å². The van der Waals surface area contributed by atoms with Crippen LogP contribution in [0, 0.1) is 11.8 Å². The van der Waals surface area contributed by atoms with Crippen molar-refractivity contribution >= 4 is 17.5 Å². The highest BCUT2D eigenvalue weighted by Gasteiger charge is 2.33. The van der Waals surface area contributed by atoms with E-state index in [1.807, 2.05) is 4.90 Å². The van der Waals surface area contributed by atoms with Crippen LogP contribution in [0.25, 0.3) is 0 Å². The molecule has 3 rings (SSSR count). The first-order valence-electron chi connectivity index (χ1n) is 7.14. The topological polar surface area (TPSA) is 33.2 Å². The van der Waals surface area contributed by atoms with Gasteiger partial charge in [0.15, 0.2) is 0 Å². The van der Waals surface area contributed by atoms with Crippen LogP contribution in [0.4, 0.5) is 0 Å². The predicted octanol–water partition coefficient (Wildman–Crippen LogP) is 3.39. The molecule has 2 aliphatic rings. The molecule has 0 radical (unpaired) electrons. The van der Waals surface area contributed by atoms with E-state index in [1.54, 1.807) is 18.5 Å². The summed E-state index contributed by atoms with van der Waals surface area (Å²) in [5.41, 5.74) is 0.540. The van der Waals surface area contributed by atoms with Crippen molar-refractivity contribution in [1.82, 2.24) is 9.88 Å². The van der Waals surface area contributed by atoms with E-state index < -0.39 is 0 Å². The first-order valence-corrected chi connectivity index (χ1v) is 7.52. The fourth-order valence-corrected chi connectivity index (χ4v) is 3.68. The van der Waals surface area contributed by atoms with Gasteiger partial charge in [-0.15, -0.1) is 0 Å². The first kappa shape index (κ1) is 12.9. The Morgan fingerprint density at radius 2 is 2.05 bits per heavy atom. The molecule has 19 heavy (non-hydrogen) atoms. The normalized spacial score (nSPS) is 26.9. The molecule has 2 fully saturated rings. The highest BCUT2D eigenvalue weighted by atomic mass is 35.5. The number of carbonyl (C=O) groups excluding carboxylic acids is 1. The van der Waals surface area contributed by atoms with E-state index in [-0.39, 0.29) is 5.91 Å². The van der Waals surface area contributed by atoms with Crippen LogP contribution in [0.5, 0.6) is 0 Å². The van der Waals surface area contributed by atoms with Crippen molar-refractivity contribution in [2.24, 2.45) is 11.8 Å². The van der Waals surface area contributed by atoms with Gasteiger partial charge in [0.25, 0.3) is 5.91 Å². The molecule has 2 atom stereocenters. The van der Waals surface area contributed by atoms with E-state index in [2.05, 4.69) is 4.98 Å². The zero-order valence-electron chi connectivity index (χ0n) is 11.0. The summed E-state index contributed by atoms with van der Waals surface area (Å²) in [5.74, 6) is 1.58. The van der Waals surface area contributed by atoms with E-state index in [4.69, 9.17) is 11.6 Å². The average molecular weight is 279 g/mol. The third kappa shape index (κ3) is 2.62. The highest BCUT2D eigenvalue weighted by molar-refractivity contribution is 6.33. The van der Waals surface area contributed by atoms with E-state index in [9.17, 15) is 4.79 Å². The molecule has 1 amide bonds. The Morgan fingerprint density at radius 3 is 2.84 bits per heavy atom. The van der Waals surface area contributed by atoms with Crippen LogP contribution in [0.3, 0.4) is 0 Å². The number of carbonyl (C=O) groups is 1. The Labute approximate surface area is 119 Å². The van der Waals surface area contributed by atoms with Gasteiger partial charge in [-0.25, -0.2) is 0 Å². The minimum Gasteiger partial charge on any atom is -0.338 e. The summed E-state index contributed by atoms with van der Waals surface area (Å²) in [6.07, 6.45) is 9.65. The molecule has 1 saturated carbocycles. The molecule has 1 saturated heterocycles. The molecule has 2 unspecified atom stereocenters. The number of nitrogens with zero attached hydrogens (tertiary/aromatic N) is 2. The number of amides is 1. The second-order valence-corrected chi connectivity index (χ2v) is 6.11. The number of likely N-dealkylation sites (tertiary alicyclic amines) is 1. The first-order chi connectivity index (χ1) is 9.25. The van der Waals surface area contributed by atoms with Gasteiger partial charge in [0, 0.05) is 25.5 Å². The van der Waals surface area contributed by atoms with Crippen LogP contribution in [0.15, 0.2) is 18.5 Å². The highest BCUT2D eigenvalue weighted by Crippen LogP contribution is 2.36. The Morgan fingerprint density at radius 1 is 1.26 bits per heavy atom. The third-order valence-corrected chi connectivity index (χ3v) is 4.91. The number of fused-ring (bicyclic) bond motifs is 1. The van der Waals surface area contributed by atoms with Crippen LogP contribution >= 0.6 is 11.6 Å².